The summed E-state index contributed by atoms with van der Waals surface area (Å²) in [6, 6.07) is 0. The minimum atomic E-state index is 0. The summed E-state index contributed by atoms with van der Waals surface area (Å²) >= 11 is 1.72. The van der Waals surface area contributed by atoms with Crippen molar-refractivity contribution in [1.29, 1.82) is 0 Å². The summed E-state index contributed by atoms with van der Waals surface area (Å²) in [6.45, 7) is 9.78. The van der Waals surface area contributed by atoms with Crippen LogP contribution in [0.25, 0.3) is 0 Å². The van der Waals surface area contributed by atoms with E-state index in [2.05, 4.69) is 39.4 Å². The Balaban J connectivity index is 0.00000264. The third-order valence-electron chi connectivity index (χ3n) is 3.94. The highest BCUT2D eigenvalue weighted by atomic mass is 127. The first kappa shape index (κ1) is 20.6. The Bertz CT molecular complexity index is 471. The molecule has 2 heterocycles. The van der Waals surface area contributed by atoms with Gasteiger partial charge in [0, 0.05) is 31.2 Å². The second-order valence-electron chi connectivity index (χ2n) is 6.14. The number of aliphatic imine (C=N–C) groups is 1. The predicted molar refractivity (Wildman–Crippen MR) is 110 cm³/mol. The quantitative estimate of drug-likeness (QED) is 0.397. The Kier molecular flexibility index (Phi) is 10.0. The van der Waals surface area contributed by atoms with Crippen LogP contribution in [0.5, 0.6) is 0 Å². The fraction of sp³-hybridized carbons (Fsp3) is 0.750. The molecule has 0 aromatic carbocycles. The molecular formula is C16H30IN5S. The molecular weight excluding hydrogens is 421 g/mol. The molecule has 7 heteroatoms. The highest BCUT2D eigenvalue weighted by Crippen LogP contribution is 2.11. The van der Waals surface area contributed by atoms with Crippen molar-refractivity contribution in [2.45, 2.75) is 39.7 Å². The second kappa shape index (κ2) is 11.2. The first-order valence-corrected chi connectivity index (χ1v) is 9.07. The normalized spacial score (nSPS) is 17.4. The number of hydrogen-bond acceptors (Lipinski definition) is 4. The molecule has 1 aliphatic rings. The van der Waals surface area contributed by atoms with E-state index < -0.39 is 0 Å². The molecule has 1 atom stereocenters. The molecule has 23 heavy (non-hydrogen) atoms. The van der Waals surface area contributed by atoms with E-state index in [1.165, 1.54) is 43.8 Å². The van der Waals surface area contributed by atoms with Crippen LogP contribution in [-0.2, 0) is 6.54 Å². The van der Waals surface area contributed by atoms with Gasteiger partial charge in [-0.3, -0.25) is 4.99 Å². The molecule has 1 aromatic heterocycles. The van der Waals surface area contributed by atoms with Gasteiger partial charge in [-0.05, 0) is 38.8 Å². The van der Waals surface area contributed by atoms with Gasteiger partial charge in [-0.25, -0.2) is 4.98 Å². The lowest BCUT2D eigenvalue weighted by molar-refractivity contribution is 0.201. The Morgan fingerprint density at radius 2 is 2.09 bits per heavy atom. The Morgan fingerprint density at radius 1 is 1.35 bits per heavy atom. The summed E-state index contributed by atoms with van der Waals surface area (Å²) in [6.07, 6.45) is 6.03. The summed E-state index contributed by atoms with van der Waals surface area (Å²) in [5.41, 5.74) is 0. The summed E-state index contributed by atoms with van der Waals surface area (Å²) in [4.78, 5) is 12.5. The number of likely N-dealkylation sites (tertiary alicyclic amines) is 1. The fourth-order valence-electron chi connectivity index (χ4n) is 2.78. The lowest BCUT2D eigenvalue weighted by Crippen LogP contribution is -2.42. The van der Waals surface area contributed by atoms with Crippen molar-refractivity contribution in [3.8, 4) is 0 Å². The lowest BCUT2D eigenvalue weighted by atomic mass is 10.1. The average molecular weight is 451 g/mol. The Hall–Kier alpha value is -0.410. The minimum absolute atomic E-state index is 0. The van der Waals surface area contributed by atoms with Crippen LogP contribution in [0.15, 0.2) is 11.2 Å². The molecule has 0 bridgehead atoms. The van der Waals surface area contributed by atoms with E-state index in [1.807, 2.05) is 13.2 Å². The molecule has 0 aliphatic carbocycles. The van der Waals surface area contributed by atoms with Crippen molar-refractivity contribution < 1.29 is 0 Å². The maximum Gasteiger partial charge on any atom is 0.191 e. The van der Waals surface area contributed by atoms with Crippen molar-refractivity contribution in [3.05, 3.63) is 16.1 Å². The van der Waals surface area contributed by atoms with E-state index in [0.717, 1.165) is 24.1 Å². The highest BCUT2D eigenvalue weighted by molar-refractivity contribution is 14.0. The van der Waals surface area contributed by atoms with Crippen molar-refractivity contribution >= 4 is 41.3 Å². The number of piperidine rings is 1. The molecule has 0 spiro atoms. The molecule has 1 saturated heterocycles. The summed E-state index contributed by atoms with van der Waals surface area (Å²) in [7, 11) is 1.82. The van der Waals surface area contributed by atoms with Gasteiger partial charge in [0.2, 0.25) is 0 Å². The van der Waals surface area contributed by atoms with Crippen LogP contribution in [0, 0.1) is 12.8 Å². The molecule has 1 aromatic rings. The molecule has 5 nitrogen and oxygen atoms in total. The zero-order valence-electron chi connectivity index (χ0n) is 14.5. The van der Waals surface area contributed by atoms with Crippen molar-refractivity contribution in [2.75, 3.05) is 33.2 Å². The van der Waals surface area contributed by atoms with E-state index in [-0.39, 0.29) is 24.0 Å². The van der Waals surface area contributed by atoms with Crippen LogP contribution >= 0.6 is 35.3 Å². The van der Waals surface area contributed by atoms with E-state index in [0.29, 0.717) is 5.92 Å². The van der Waals surface area contributed by atoms with E-state index in [1.54, 1.807) is 11.3 Å². The second-order valence-corrected chi connectivity index (χ2v) is 7.46. The van der Waals surface area contributed by atoms with Crippen LogP contribution in [0.4, 0.5) is 0 Å². The van der Waals surface area contributed by atoms with E-state index in [9.17, 15) is 0 Å². The molecule has 2 rings (SSSR count). The summed E-state index contributed by atoms with van der Waals surface area (Å²) in [5, 5.41) is 7.86. The third-order valence-corrected chi connectivity index (χ3v) is 4.85. The van der Waals surface area contributed by atoms with Gasteiger partial charge in [0.1, 0.15) is 5.01 Å². The minimum Gasteiger partial charge on any atom is -0.356 e. The van der Waals surface area contributed by atoms with Crippen LogP contribution < -0.4 is 10.6 Å². The molecule has 132 valence electrons. The van der Waals surface area contributed by atoms with E-state index in [4.69, 9.17) is 0 Å². The first-order valence-electron chi connectivity index (χ1n) is 8.25. The highest BCUT2D eigenvalue weighted by Gasteiger charge is 2.13. The maximum absolute atomic E-state index is 4.36. The van der Waals surface area contributed by atoms with Crippen molar-refractivity contribution in [2.24, 2.45) is 10.9 Å². The van der Waals surface area contributed by atoms with Crippen LogP contribution in [0.2, 0.25) is 0 Å². The van der Waals surface area contributed by atoms with Gasteiger partial charge in [0.05, 0.1) is 6.54 Å². The third kappa shape index (κ3) is 7.80. The van der Waals surface area contributed by atoms with Gasteiger partial charge in [0.15, 0.2) is 5.96 Å². The lowest BCUT2D eigenvalue weighted by Gasteiger charge is -2.29. The molecule has 0 amide bonds. The molecule has 1 unspecified atom stereocenters. The average Bonchev–Trinajstić information content (AvgIpc) is 2.94. The molecule has 0 saturated carbocycles. The topological polar surface area (TPSA) is 52.6 Å². The summed E-state index contributed by atoms with van der Waals surface area (Å²) in [5.74, 6) is 1.48. The van der Waals surface area contributed by atoms with Gasteiger partial charge >= 0.3 is 0 Å². The van der Waals surface area contributed by atoms with E-state index >= 15 is 0 Å². The zero-order valence-corrected chi connectivity index (χ0v) is 17.6. The zero-order chi connectivity index (χ0) is 15.8. The number of guanidine groups is 1. The van der Waals surface area contributed by atoms with Gasteiger partial charge < -0.3 is 15.5 Å². The molecule has 2 N–H and O–H groups in total. The van der Waals surface area contributed by atoms with Gasteiger partial charge in [-0.2, -0.15) is 0 Å². The molecule has 1 fully saturated rings. The first-order chi connectivity index (χ1) is 10.7. The molecule has 0 radical (unpaired) electrons. The Morgan fingerprint density at radius 3 is 2.70 bits per heavy atom. The number of halogens is 1. The summed E-state index contributed by atoms with van der Waals surface area (Å²) < 4.78 is 0. The SMILES string of the molecule is CN=C(NCc1ncc(C)s1)NCC(C)CN1CCCCC1.I. The number of rotatable bonds is 6. The van der Waals surface area contributed by atoms with Gasteiger partial charge in [-0.15, -0.1) is 35.3 Å². The van der Waals surface area contributed by atoms with Crippen molar-refractivity contribution in [3.63, 3.8) is 0 Å². The van der Waals surface area contributed by atoms with Crippen LogP contribution in [0.1, 0.15) is 36.1 Å². The van der Waals surface area contributed by atoms with Crippen LogP contribution in [0.3, 0.4) is 0 Å². The van der Waals surface area contributed by atoms with Gasteiger partial charge in [0.25, 0.3) is 0 Å². The van der Waals surface area contributed by atoms with Gasteiger partial charge in [-0.1, -0.05) is 13.3 Å². The number of aryl methyl sites for hydroxylation is 1. The smallest absolute Gasteiger partial charge is 0.191 e. The van der Waals surface area contributed by atoms with Crippen LogP contribution in [-0.4, -0.2) is 49.1 Å². The monoisotopic (exact) mass is 451 g/mol. The Labute approximate surface area is 161 Å². The largest absolute Gasteiger partial charge is 0.356 e. The number of hydrogen-bond donors (Lipinski definition) is 2. The molecule has 1 aliphatic heterocycles. The maximum atomic E-state index is 4.36. The number of aromatic nitrogens is 1. The number of nitrogens with zero attached hydrogens (tertiary/aromatic N) is 3. The van der Waals surface area contributed by atoms with Crippen molar-refractivity contribution in [1.82, 2.24) is 20.5 Å². The standard InChI is InChI=1S/C16H29N5S.HI/c1-13(12-21-7-5-4-6-8-21)9-19-16(17-3)20-11-15-18-10-14(2)22-15;/h10,13H,4-9,11-12H2,1-3H3,(H2,17,19,20);1H. The predicted octanol–water partition coefficient (Wildman–Crippen LogP) is 2.86. The fourth-order valence-corrected chi connectivity index (χ4v) is 3.51. The number of thiazole rings is 1. The number of nitrogens with one attached hydrogen (secondary N) is 2.